The number of fused-ring (bicyclic) bond motifs is 1. The van der Waals surface area contributed by atoms with Crippen LogP contribution in [0, 0.1) is 13.8 Å². The number of benzene rings is 2. The number of carbonyl (C=O) groups excluding carboxylic acids is 2. The third-order valence-corrected chi connectivity index (χ3v) is 8.87. The standard InChI is InChI=1S/C34H38N2O3/c1-22-15-16-24(19-23(22)2)20-35-21-26(25-9-4-5-10-27(25)35)32-33-28(11-6-13-30(33)37)36(17-8-18-39-3)29-12-7-14-31(38)34(29)32/h4-5,9-10,15-16,19,21,32H,6-8,11-14,17-18,20H2,1-3H3. The predicted molar refractivity (Wildman–Crippen MR) is 155 cm³/mol. The van der Waals surface area contributed by atoms with Crippen molar-refractivity contribution >= 4 is 22.5 Å². The Morgan fingerprint density at radius 2 is 1.56 bits per heavy atom. The van der Waals surface area contributed by atoms with E-state index in [1.165, 1.54) is 16.7 Å². The maximum Gasteiger partial charge on any atom is 0.161 e. The van der Waals surface area contributed by atoms with Crippen LogP contribution in [0.15, 0.2) is 71.2 Å². The van der Waals surface area contributed by atoms with Crippen LogP contribution in [0.5, 0.6) is 0 Å². The highest BCUT2D eigenvalue weighted by molar-refractivity contribution is 6.07. The van der Waals surface area contributed by atoms with E-state index in [0.29, 0.717) is 19.4 Å². The lowest BCUT2D eigenvalue weighted by molar-refractivity contribution is -0.117. The van der Waals surface area contributed by atoms with Gasteiger partial charge in [-0.1, -0.05) is 36.4 Å². The summed E-state index contributed by atoms with van der Waals surface area (Å²) in [4.78, 5) is 29.8. The number of nitrogens with zero attached hydrogens (tertiary/aromatic N) is 2. The van der Waals surface area contributed by atoms with Crippen molar-refractivity contribution in [3.63, 3.8) is 0 Å². The molecule has 3 aromatic rings. The van der Waals surface area contributed by atoms with Crippen LogP contribution in [0.4, 0.5) is 0 Å². The molecule has 6 rings (SSSR count). The minimum Gasteiger partial charge on any atom is -0.385 e. The van der Waals surface area contributed by atoms with Gasteiger partial charge in [-0.2, -0.15) is 0 Å². The third-order valence-electron chi connectivity index (χ3n) is 8.87. The number of para-hydroxylation sites is 1. The first-order chi connectivity index (χ1) is 19.0. The normalized spacial score (nSPS) is 18.3. The summed E-state index contributed by atoms with van der Waals surface area (Å²) in [7, 11) is 1.73. The lowest BCUT2D eigenvalue weighted by atomic mass is 9.71. The first kappa shape index (κ1) is 25.8. The van der Waals surface area contributed by atoms with Crippen molar-refractivity contribution in [3.8, 4) is 0 Å². The van der Waals surface area contributed by atoms with Gasteiger partial charge >= 0.3 is 0 Å². The average Bonchev–Trinajstić information content (AvgIpc) is 3.29. The van der Waals surface area contributed by atoms with E-state index in [9.17, 15) is 9.59 Å². The molecule has 39 heavy (non-hydrogen) atoms. The molecule has 0 saturated heterocycles. The van der Waals surface area contributed by atoms with E-state index in [4.69, 9.17) is 4.74 Å². The zero-order valence-corrected chi connectivity index (χ0v) is 23.4. The molecule has 5 nitrogen and oxygen atoms in total. The monoisotopic (exact) mass is 522 g/mol. The van der Waals surface area contributed by atoms with Gasteiger partial charge < -0.3 is 14.2 Å². The second-order valence-electron chi connectivity index (χ2n) is 11.4. The summed E-state index contributed by atoms with van der Waals surface area (Å²) in [6, 6.07) is 15.1. The van der Waals surface area contributed by atoms with Gasteiger partial charge in [-0.3, -0.25) is 9.59 Å². The molecule has 5 heteroatoms. The van der Waals surface area contributed by atoms with Crippen molar-refractivity contribution in [1.29, 1.82) is 0 Å². The largest absolute Gasteiger partial charge is 0.385 e. The molecule has 0 atom stereocenters. The van der Waals surface area contributed by atoms with Gasteiger partial charge in [-0.25, -0.2) is 0 Å². The number of hydrogen-bond acceptors (Lipinski definition) is 4. The van der Waals surface area contributed by atoms with Crippen LogP contribution in [0.3, 0.4) is 0 Å². The van der Waals surface area contributed by atoms with Gasteiger partial charge in [0.1, 0.15) is 0 Å². The van der Waals surface area contributed by atoms with E-state index >= 15 is 0 Å². The third kappa shape index (κ3) is 4.57. The molecule has 1 aromatic heterocycles. The number of aromatic nitrogens is 1. The van der Waals surface area contributed by atoms with Gasteiger partial charge in [0.15, 0.2) is 11.6 Å². The summed E-state index contributed by atoms with van der Waals surface area (Å²) in [5.41, 5.74) is 10.1. The SMILES string of the molecule is COCCCN1C2=C(C(=O)CCC2)C(c2cn(Cc3ccc(C)c(C)c3)c3ccccc23)C2=C1CCCC2=O. The maximum absolute atomic E-state index is 13.7. The molecular weight excluding hydrogens is 484 g/mol. The van der Waals surface area contributed by atoms with Gasteiger partial charge in [0, 0.05) is 85.2 Å². The van der Waals surface area contributed by atoms with Crippen molar-refractivity contribution in [2.45, 2.75) is 71.3 Å². The molecule has 0 spiro atoms. The number of hydrogen-bond donors (Lipinski definition) is 0. The lowest BCUT2D eigenvalue weighted by Crippen LogP contribution is -2.39. The van der Waals surface area contributed by atoms with Crippen LogP contribution in [0.25, 0.3) is 10.9 Å². The first-order valence-electron chi connectivity index (χ1n) is 14.4. The minimum absolute atomic E-state index is 0.203. The molecule has 0 fully saturated rings. The molecule has 202 valence electrons. The van der Waals surface area contributed by atoms with Gasteiger partial charge in [0.25, 0.3) is 0 Å². The quantitative estimate of drug-likeness (QED) is 0.322. The summed E-state index contributed by atoms with van der Waals surface area (Å²) in [6.45, 7) is 6.50. The van der Waals surface area contributed by atoms with E-state index in [-0.39, 0.29) is 17.5 Å². The molecule has 2 heterocycles. The van der Waals surface area contributed by atoms with Crippen LogP contribution in [-0.4, -0.2) is 41.3 Å². The lowest BCUT2D eigenvalue weighted by Gasteiger charge is -2.44. The molecule has 0 bridgehead atoms. The summed E-state index contributed by atoms with van der Waals surface area (Å²) >= 11 is 0. The molecule has 0 unspecified atom stereocenters. The van der Waals surface area contributed by atoms with Gasteiger partial charge in [0.2, 0.25) is 0 Å². The van der Waals surface area contributed by atoms with Gasteiger partial charge in [-0.05, 0) is 74.3 Å². The number of rotatable bonds is 7. The van der Waals surface area contributed by atoms with Crippen LogP contribution < -0.4 is 0 Å². The fourth-order valence-electron chi connectivity index (χ4n) is 6.90. The van der Waals surface area contributed by atoms with Crippen LogP contribution >= 0.6 is 0 Å². The van der Waals surface area contributed by atoms with Crippen LogP contribution in [-0.2, 0) is 20.9 Å². The average molecular weight is 523 g/mol. The summed E-state index contributed by atoms with van der Waals surface area (Å²) in [5, 5.41) is 1.13. The summed E-state index contributed by atoms with van der Waals surface area (Å²) < 4.78 is 7.66. The molecule has 0 saturated carbocycles. The van der Waals surface area contributed by atoms with Crippen molar-refractivity contribution in [2.75, 3.05) is 20.3 Å². The van der Waals surface area contributed by atoms with Crippen LogP contribution in [0.2, 0.25) is 0 Å². The van der Waals surface area contributed by atoms with E-state index in [2.05, 4.69) is 72.0 Å². The highest BCUT2D eigenvalue weighted by atomic mass is 16.5. The Kier molecular flexibility index (Phi) is 7.03. The Balaban J connectivity index is 1.53. The van der Waals surface area contributed by atoms with E-state index in [1.807, 2.05) is 0 Å². The number of allylic oxidation sites excluding steroid dienone is 4. The Morgan fingerprint density at radius 3 is 2.23 bits per heavy atom. The zero-order valence-electron chi connectivity index (χ0n) is 23.4. The van der Waals surface area contributed by atoms with Gasteiger partial charge in [0.05, 0.1) is 0 Å². The van der Waals surface area contributed by atoms with Crippen molar-refractivity contribution in [2.24, 2.45) is 0 Å². The van der Waals surface area contributed by atoms with Crippen molar-refractivity contribution < 1.29 is 14.3 Å². The summed E-state index contributed by atoms with van der Waals surface area (Å²) in [5.74, 6) is 0.114. The molecule has 0 radical (unpaired) electrons. The molecule has 0 N–H and O–H groups in total. The molecule has 2 aromatic carbocycles. The zero-order chi connectivity index (χ0) is 27.1. The van der Waals surface area contributed by atoms with E-state index < -0.39 is 0 Å². The fraction of sp³-hybridized carbons (Fsp3) is 0.412. The number of Topliss-reactive ketones (excluding diaryl/α,β-unsaturated/α-hetero) is 2. The molecule has 2 aliphatic carbocycles. The number of methoxy groups -OCH3 is 1. The smallest absolute Gasteiger partial charge is 0.161 e. The van der Waals surface area contributed by atoms with Crippen LogP contribution in [0.1, 0.15) is 73.1 Å². The topological polar surface area (TPSA) is 51.5 Å². The van der Waals surface area contributed by atoms with E-state index in [0.717, 1.165) is 84.2 Å². The second-order valence-corrected chi connectivity index (χ2v) is 11.4. The number of aryl methyl sites for hydroxylation is 2. The predicted octanol–water partition coefficient (Wildman–Crippen LogP) is 6.76. The first-order valence-corrected chi connectivity index (χ1v) is 14.4. The van der Waals surface area contributed by atoms with Crippen molar-refractivity contribution in [3.05, 3.63) is 93.5 Å². The summed E-state index contributed by atoms with van der Waals surface area (Å²) in [6.07, 6.45) is 7.72. The maximum atomic E-state index is 13.7. The van der Waals surface area contributed by atoms with E-state index in [1.54, 1.807) is 7.11 Å². The Hall–Kier alpha value is -3.44. The van der Waals surface area contributed by atoms with Gasteiger partial charge in [-0.15, -0.1) is 0 Å². The molecule has 1 aliphatic heterocycles. The highest BCUT2D eigenvalue weighted by Crippen LogP contribution is 2.50. The molecular formula is C34H38N2O3. The fourth-order valence-corrected chi connectivity index (χ4v) is 6.90. The Labute approximate surface area is 231 Å². The second kappa shape index (κ2) is 10.6. The number of ether oxygens (including phenoxy) is 1. The Bertz CT molecular complexity index is 1480. The number of carbonyl (C=O) groups is 2. The molecule has 3 aliphatic rings. The highest BCUT2D eigenvalue weighted by Gasteiger charge is 2.44. The van der Waals surface area contributed by atoms with Crippen molar-refractivity contribution in [1.82, 2.24) is 9.47 Å². The molecule has 0 amide bonds. The minimum atomic E-state index is -0.292. The Morgan fingerprint density at radius 1 is 0.872 bits per heavy atom. The number of ketones is 2.